The fourth-order valence-corrected chi connectivity index (χ4v) is 5.13. The molecule has 1 N–H and O–H groups in total. The van der Waals surface area contributed by atoms with Gasteiger partial charge in [0.15, 0.2) is 0 Å². The largest absolute Gasteiger partial charge is 0.492 e. The molecule has 0 unspecified atom stereocenters. The fourth-order valence-electron chi connectivity index (χ4n) is 2.44. The Kier molecular flexibility index (Phi) is 6.07. The zero-order valence-corrected chi connectivity index (χ0v) is 15.8. The molecule has 8 nitrogen and oxygen atoms in total. The average molecular weight is 390 g/mol. The highest BCUT2D eigenvalue weighted by Gasteiger charge is 2.37. The van der Waals surface area contributed by atoms with Crippen LogP contribution in [0, 0.1) is 0 Å². The van der Waals surface area contributed by atoms with E-state index in [1.54, 1.807) is 6.92 Å². The monoisotopic (exact) mass is 390 g/mol. The number of carbonyl (C=O) groups excluding carboxylic acids is 1. The van der Waals surface area contributed by atoms with Crippen molar-refractivity contribution in [2.75, 3.05) is 23.2 Å². The van der Waals surface area contributed by atoms with E-state index in [0.29, 0.717) is 10.7 Å². The number of carbonyl (C=O) groups is 1. The molecule has 1 aromatic rings. The lowest BCUT2D eigenvalue weighted by molar-refractivity contribution is -0.116. The van der Waals surface area contributed by atoms with Crippen molar-refractivity contribution in [3.63, 3.8) is 0 Å². The van der Waals surface area contributed by atoms with Crippen molar-refractivity contribution >= 4 is 31.6 Å². The van der Waals surface area contributed by atoms with Crippen molar-refractivity contribution in [3.05, 3.63) is 18.2 Å². The second-order valence-electron chi connectivity index (χ2n) is 5.54. The molecule has 0 bridgehead atoms. The molecular weight excluding hydrogens is 368 g/mol. The first-order chi connectivity index (χ1) is 11.7. The lowest BCUT2D eigenvalue weighted by Gasteiger charge is -2.18. The van der Waals surface area contributed by atoms with E-state index in [4.69, 9.17) is 4.74 Å². The van der Waals surface area contributed by atoms with E-state index >= 15 is 0 Å². The molecule has 0 radical (unpaired) electrons. The molecule has 1 aliphatic heterocycles. The number of nitrogens with one attached hydrogen (secondary N) is 1. The number of rotatable bonds is 8. The molecule has 1 amide bonds. The van der Waals surface area contributed by atoms with Crippen molar-refractivity contribution in [1.29, 1.82) is 0 Å². The average Bonchev–Trinajstić information content (AvgIpc) is 2.81. The number of benzene rings is 1. The highest BCUT2D eigenvalue weighted by molar-refractivity contribution is 7.94. The Morgan fingerprint density at radius 1 is 1.28 bits per heavy atom. The molecule has 1 aromatic carbocycles. The van der Waals surface area contributed by atoms with Gasteiger partial charge < -0.3 is 4.74 Å². The zero-order chi connectivity index (χ0) is 18.7. The summed E-state index contributed by atoms with van der Waals surface area (Å²) in [6.07, 6.45) is 1.37. The molecule has 140 valence electrons. The molecule has 0 atom stereocenters. The smallest absolute Gasteiger partial charge is 0.244 e. The highest BCUT2D eigenvalue weighted by atomic mass is 32.2. The van der Waals surface area contributed by atoms with Crippen molar-refractivity contribution < 1.29 is 26.4 Å². The molecule has 10 heteroatoms. The second kappa shape index (κ2) is 7.71. The maximum absolute atomic E-state index is 12.6. The van der Waals surface area contributed by atoms with Crippen LogP contribution in [0.25, 0.3) is 0 Å². The normalized spacial score (nSPS) is 17.0. The first-order valence-electron chi connectivity index (χ1n) is 8.05. The summed E-state index contributed by atoms with van der Waals surface area (Å²) in [5.41, 5.74) is 0.00168. The molecule has 0 aliphatic carbocycles. The van der Waals surface area contributed by atoms with Crippen LogP contribution in [-0.2, 0) is 24.8 Å². The van der Waals surface area contributed by atoms with Crippen molar-refractivity contribution in [1.82, 2.24) is 4.72 Å². The molecule has 1 fully saturated rings. The molecule has 1 saturated heterocycles. The molecule has 1 heterocycles. The first-order valence-corrected chi connectivity index (χ1v) is 11.1. The fraction of sp³-hybridized carbons (Fsp3) is 0.533. The molecule has 0 spiro atoms. The number of ether oxygens (including phenoxy) is 1. The molecule has 2 rings (SSSR count). The lowest BCUT2D eigenvalue weighted by atomic mass is 10.3. The van der Waals surface area contributed by atoms with Crippen molar-refractivity contribution in [3.8, 4) is 5.75 Å². The van der Waals surface area contributed by atoms with Gasteiger partial charge in [-0.05, 0) is 31.5 Å². The second-order valence-corrected chi connectivity index (χ2v) is 9.21. The third-order valence-electron chi connectivity index (χ3n) is 3.65. The predicted molar refractivity (Wildman–Crippen MR) is 93.6 cm³/mol. The summed E-state index contributed by atoms with van der Waals surface area (Å²) in [4.78, 5) is 11.7. The Balaban J connectivity index is 2.48. The van der Waals surface area contributed by atoms with Gasteiger partial charge in [-0.1, -0.05) is 13.3 Å². The van der Waals surface area contributed by atoms with Crippen LogP contribution < -0.4 is 13.8 Å². The number of sulfonamides is 2. The van der Waals surface area contributed by atoms with E-state index in [9.17, 15) is 21.6 Å². The van der Waals surface area contributed by atoms with Gasteiger partial charge in [-0.2, -0.15) is 0 Å². The maximum atomic E-state index is 12.6. The summed E-state index contributed by atoms with van der Waals surface area (Å²) in [5, 5.41) is 0. The standard InChI is InChI=1S/C15H22N2O6S2/c1-3-5-9-16-25(21,22)14-11-12(6-7-13(14)23-4-2)17-15(18)8-10-24(17,19)20/h6-7,11,16H,3-5,8-10H2,1-2H3. The van der Waals surface area contributed by atoms with Crippen LogP contribution in [-0.4, -0.2) is 41.6 Å². The van der Waals surface area contributed by atoms with Crippen LogP contribution in [0.5, 0.6) is 5.75 Å². The van der Waals surface area contributed by atoms with E-state index in [2.05, 4.69) is 4.72 Å². The minimum absolute atomic E-state index is 0.00168. The van der Waals surface area contributed by atoms with Crippen molar-refractivity contribution in [2.24, 2.45) is 0 Å². The topological polar surface area (TPSA) is 110 Å². The van der Waals surface area contributed by atoms with Gasteiger partial charge >= 0.3 is 0 Å². The van der Waals surface area contributed by atoms with Gasteiger partial charge in [-0.25, -0.2) is 25.9 Å². The predicted octanol–water partition coefficient (Wildman–Crippen LogP) is 1.23. The van der Waals surface area contributed by atoms with Crippen LogP contribution in [0.2, 0.25) is 0 Å². The van der Waals surface area contributed by atoms with Crippen LogP contribution in [0.15, 0.2) is 23.1 Å². The van der Waals surface area contributed by atoms with Gasteiger partial charge in [0.1, 0.15) is 10.6 Å². The number of amides is 1. The molecule has 1 aliphatic rings. The Morgan fingerprint density at radius 3 is 2.56 bits per heavy atom. The van der Waals surface area contributed by atoms with Gasteiger partial charge in [-0.15, -0.1) is 0 Å². The van der Waals surface area contributed by atoms with E-state index in [1.165, 1.54) is 18.2 Å². The maximum Gasteiger partial charge on any atom is 0.244 e. The summed E-state index contributed by atoms with van der Waals surface area (Å²) in [7, 11) is -7.67. The quantitative estimate of drug-likeness (QED) is 0.669. The van der Waals surface area contributed by atoms with E-state index in [-0.39, 0.29) is 41.7 Å². The van der Waals surface area contributed by atoms with Gasteiger partial charge in [0.25, 0.3) is 0 Å². The first kappa shape index (κ1) is 19.7. The van der Waals surface area contributed by atoms with Crippen molar-refractivity contribution in [2.45, 2.75) is 38.0 Å². The van der Waals surface area contributed by atoms with Crippen LogP contribution >= 0.6 is 0 Å². The lowest BCUT2D eigenvalue weighted by Crippen LogP contribution is -2.30. The van der Waals surface area contributed by atoms with Gasteiger partial charge in [0, 0.05) is 13.0 Å². The molecular formula is C15H22N2O6S2. The number of hydrogen-bond donors (Lipinski definition) is 1. The van der Waals surface area contributed by atoms with Gasteiger partial charge in [0.2, 0.25) is 26.0 Å². The third-order valence-corrected chi connectivity index (χ3v) is 6.83. The minimum atomic E-state index is -3.90. The third kappa shape index (κ3) is 4.31. The Hall–Kier alpha value is -1.65. The SMILES string of the molecule is CCCCNS(=O)(=O)c1cc(N2C(=O)CCS2(=O)=O)ccc1OCC. The highest BCUT2D eigenvalue weighted by Crippen LogP contribution is 2.32. The number of hydrogen-bond acceptors (Lipinski definition) is 6. The van der Waals surface area contributed by atoms with E-state index < -0.39 is 26.0 Å². The summed E-state index contributed by atoms with van der Waals surface area (Å²) in [5.74, 6) is -0.749. The number of nitrogens with zero attached hydrogens (tertiary/aromatic N) is 1. The zero-order valence-electron chi connectivity index (χ0n) is 14.2. The number of unbranched alkanes of at least 4 members (excludes halogenated alkanes) is 1. The summed E-state index contributed by atoms with van der Waals surface area (Å²) < 4.78 is 57.7. The van der Waals surface area contributed by atoms with Gasteiger partial charge in [0.05, 0.1) is 18.0 Å². The molecule has 0 aromatic heterocycles. The van der Waals surface area contributed by atoms with E-state index in [0.717, 1.165) is 6.42 Å². The molecule has 0 saturated carbocycles. The summed E-state index contributed by atoms with van der Waals surface area (Å²) >= 11 is 0. The summed E-state index contributed by atoms with van der Waals surface area (Å²) in [6.45, 7) is 4.15. The Labute approximate surface area is 148 Å². The van der Waals surface area contributed by atoms with Crippen LogP contribution in [0.1, 0.15) is 33.1 Å². The molecule has 25 heavy (non-hydrogen) atoms. The van der Waals surface area contributed by atoms with E-state index in [1.807, 2.05) is 6.92 Å². The minimum Gasteiger partial charge on any atom is -0.492 e. The Bertz CT molecular complexity index is 849. The van der Waals surface area contributed by atoms with Crippen LogP contribution in [0.3, 0.4) is 0 Å². The van der Waals surface area contributed by atoms with Crippen LogP contribution in [0.4, 0.5) is 5.69 Å². The Morgan fingerprint density at radius 2 is 2.00 bits per heavy atom. The van der Waals surface area contributed by atoms with Gasteiger partial charge in [-0.3, -0.25) is 4.79 Å². The summed E-state index contributed by atoms with van der Waals surface area (Å²) in [6, 6.07) is 3.91. The number of anilines is 1.